The van der Waals surface area contributed by atoms with Crippen molar-refractivity contribution >= 4 is 23.4 Å². The fraction of sp³-hybridized carbons (Fsp3) is 0.588. The van der Waals surface area contributed by atoms with Crippen molar-refractivity contribution in [1.29, 1.82) is 0 Å². The molecule has 2 aromatic rings. The minimum Gasteiger partial charge on any atom is -1.00 e. The second-order valence-corrected chi connectivity index (χ2v) is 5.89. The molecule has 23 heavy (non-hydrogen) atoms. The van der Waals surface area contributed by atoms with Gasteiger partial charge in [-0.15, -0.1) is 12.4 Å². The molecule has 2 heterocycles. The Morgan fingerprint density at radius 1 is 1.13 bits per heavy atom. The number of benzene rings is 1. The normalized spacial score (nSPS) is 15.3. The summed E-state index contributed by atoms with van der Waals surface area (Å²) in [7, 11) is 0. The minimum atomic E-state index is 0. The largest absolute Gasteiger partial charge is 1.00 e. The lowest BCUT2D eigenvalue weighted by Crippen LogP contribution is -3.00. The van der Waals surface area contributed by atoms with Gasteiger partial charge >= 0.3 is 0 Å². The molecule has 0 bridgehead atoms. The summed E-state index contributed by atoms with van der Waals surface area (Å²) in [6.07, 6.45) is 0. The lowest BCUT2D eigenvalue weighted by atomic mass is 10.2. The van der Waals surface area contributed by atoms with E-state index in [4.69, 9.17) is 4.74 Å². The number of imidazole rings is 1. The molecule has 6 heteroatoms. The molecular weight excluding hydrogens is 333 g/mol. The SMILES string of the molecule is CC[n+]1c(C)n(CCN2CCOCC2)c2cc(C)ccc21.Cl.[Cl-]. The maximum atomic E-state index is 5.43. The van der Waals surface area contributed by atoms with Crippen molar-refractivity contribution in [2.45, 2.75) is 33.9 Å². The van der Waals surface area contributed by atoms with Crippen molar-refractivity contribution in [3.63, 3.8) is 0 Å². The van der Waals surface area contributed by atoms with E-state index < -0.39 is 0 Å². The summed E-state index contributed by atoms with van der Waals surface area (Å²) in [4.78, 5) is 2.50. The van der Waals surface area contributed by atoms with Crippen LogP contribution in [-0.4, -0.2) is 42.3 Å². The molecule has 4 nitrogen and oxygen atoms in total. The number of hydrogen-bond donors (Lipinski definition) is 0. The average molecular weight is 360 g/mol. The van der Waals surface area contributed by atoms with Gasteiger partial charge in [0.2, 0.25) is 0 Å². The zero-order valence-corrected chi connectivity index (χ0v) is 15.8. The first-order valence-corrected chi connectivity index (χ1v) is 8.00. The van der Waals surface area contributed by atoms with Crippen molar-refractivity contribution in [3.8, 4) is 0 Å². The number of aromatic nitrogens is 2. The molecule has 0 atom stereocenters. The summed E-state index contributed by atoms with van der Waals surface area (Å²) in [5.74, 6) is 1.35. The Hall–Kier alpha value is -0.810. The third-order valence-electron chi connectivity index (χ3n) is 4.55. The predicted octanol–water partition coefficient (Wildman–Crippen LogP) is -0.676. The average Bonchev–Trinajstić information content (AvgIpc) is 2.77. The van der Waals surface area contributed by atoms with Crippen LogP contribution in [0.4, 0.5) is 0 Å². The molecule has 0 radical (unpaired) electrons. The number of aryl methyl sites for hydroxylation is 2. The molecular formula is C17H27Cl2N3O. The van der Waals surface area contributed by atoms with E-state index in [1.807, 2.05) is 0 Å². The van der Waals surface area contributed by atoms with Crippen LogP contribution < -0.4 is 17.0 Å². The molecule has 1 aliphatic rings. The second-order valence-electron chi connectivity index (χ2n) is 5.89. The van der Waals surface area contributed by atoms with Crippen molar-refractivity contribution in [1.82, 2.24) is 9.47 Å². The van der Waals surface area contributed by atoms with Gasteiger partial charge in [-0.3, -0.25) is 4.90 Å². The summed E-state index contributed by atoms with van der Waals surface area (Å²) in [5.41, 5.74) is 4.04. The molecule has 1 fully saturated rings. The summed E-state index contributed by atoms with van der Waals surface area (Å²) < 4.78 is 10.3. The van der Waals surface area contributed by atoms with Crippen LogP contribution in [0.1, 0.15) is 18.3 Å². The second kappa shape index (κ2) is 8.88. The maximum absolute atomic E-state index is 5.43. The molecule has 0 unspecified atom stereocenters. The van der Waals surface area contributed by atoms with Gasteiger partial charge in [-0.1, -0.05) is 6.07 Å². The highest BCUT2D eigenvalue weighted by Crippen LogP contribution is 2.16. The van der Waals surface area contributed by atoms with Gasteiger partial charge in [0.25, 0.3) is 5.82 Å². The van der Waals surface area contributed by atoms with Gasteiger partial charge in [0.1, 0.15) is 6.54 Å². The number of halogens is 2. The molecule has 0 saturated carbocycles. The van der Waals surface area contributed by atoms with Crippen LogP contribution in [0.5, 0.6) is 0 Å². The summed E-state index contributed by atoms with van der Waals surface area (Å²) in [5, 5.41) is 0. The molecule has 0 N–H and O–H groups in total. The Morgan fingerprint density at radius 3 is 2.48 bits per heavy atom. The lowest BCUT2D eigenvalue weighted by molar-refractivity contribution is -0.675. The first kappa shape index (κ1) is 20.2. The first-order valence-electron chi connectivity index (χ1n) is 8.00. The molecule has 0 aliphatic carbocycles. The number of morpholine rings is 1. The standard InChI is InChI=1S/C17H26N3O.2ClH/c1-4-19-15(3)20(8-7-18-9-11-21-12-10-18)17-13-14(2)5-6-16(17)19;;/h5-6,13H,4,7-12H2,1-3H3;2*1H/q+1;;/p-1. The highest BCUT2D eigenvalue weighted by molar-refractivity contribution is 5.85. The van der Waals surface area contributed by atoms with Crippen molar-refractivity contribution in [3.05, 3.63) is 29.6 Å². The van der Waals surface area contributed by atoms with Crippen LogP contribution >= 0.6 is 12.4 Å². The van der Waals surface area contributed by atoms with Gasteiger partial charge in [0.05, 0.1) is 19.8 Å². The molecule has 1 aromatic carbocycles. The molecule has 130 valence electrons. The van der Waals surface area contributed by atoms with Gasteiger partial charge in [-0.05, 0) is 31.5 Å². The lowest BCUT2D eigenvalue weighted by Gasteiger charge is -2.25. The highest BCUT2D eigenvalue weighted by Gasteiger charge is 2.21. The van der Waals surface area contributed by atoms with E-state index >= 15 is 0 Å². The van der Waals surface area contributed by atoms with Crippen LogP contribution in [0.15, 0.2) is 18.2 Å². The molecule has 0 amide bonds. The van der Waals surface area contributed by atoms with Crippen molar-refractivity contribution in [2.75, 3.05) is 32.8 Å². The zero-order valence-electron chi connectivity index (χ0n) is 14.2. The van der Waals surface area contributed by atoms with Gasteiger partial charge in [-0.25, -0.2) is 9.13 Å². The highest BCUT2D eigenvalue weighted by atomic mass is 35.5. The third kappa shape index (κ3) is 4.18. The van der Waals surface area contributed by atoms with Crippen LogP contribution in [0, 0.1) is 13.8 Å². The van der Waals surface area contributed by atoms with Crippen LogP contribution in [0.3, 0.4) is 0 Å². The Labute approximate surface area is 151 Å². The van der Waals surface area contributed by atoms with E-state index in [0.717, 1.165) is 45.9 Å². The number of fused-ring (bicyclic) bond motifs is 1. The Balaban J connectivity index is 0.00000132. The number of nitrogens with zero attached hydrogens (tertiary/aromatic N) is 3. The Morgan fingerprint density at radius 2 is 1.83 bits per heavy atom. The Kier molecular flexibility index (Phi) is 7.81. The molecule has 1 aliphatic heterocycles. The number of ether oxygens (including phenoxy) is 1. The van der Waals surface area contributed by atoms with Crippen molar-refractivity contribution < 1.29 is 21.7 Å². The van der Waals surface area contributed by atoms with Crippen LogP contribution in [0.25, 0.3) is 11.0 Å². The first-order chi connectivity index (χ1) is 10.2. The number of hydrogen-bond acceptors (Lipinski definition) is 2. The van der Waals surface area contributed by atoms with E-state index in [9.17, 15) is 0 Å². The van der Waals surface area contributed by atoms with Gasteiger partial charge in [0, 0.05) is 26.6 Å². The zero-order chi connectivity index (χ0) is 14.8. The number of rotatable bonds is 4. The summed E-state index contributed by atoms with van der Waals surface area (Å²) in [6, 6.07) is 6.78. The van der Waals surface area contributed by atoms with Gasteiger partial charge < -0.3 is 17.1 Å². The van der Waals surface area contributed by atoms with Gasteiger partial charge in [-0.2, -0.15) is 0 Å². The quantitative estimate of drug-likeness (QED) is 0.675. The molecule has 3 rings (SSSR count). The summed E-state index contributed by atoms with van der Waals surface area (Å²) in [6.45, 7) is 13.7. The van der Waals surface area contributed by atoms with E-state index in [0.29, 0.717) is 0 Å². The molecule has 1 aromatic heterocycles. The Bertz CT molecular complexity index is 636. The van der Waals surface area contributed by atoms with E-state index in [-0.39, 0.29) is 24.8 Å². The maximum Gasteiger partial charge on any atom is 0.254 e. The van der Waals surface area contributed by atoms with Gasteiger partial charge in [0.15, 0.2) is 11.0 Å². The van der Waals surface area contributed by atoms with E-state index in [1.165, 1.54) is 22.4 Å². The van der Waals surface area contributed by atoms with E-state index in [2.05, 4.69) is 53.0 Å². The summed E-state index contributed by atoms with van der Waals surface area (Å²) >= 11 is 0. The fourth-order valence-corrected chi connectivity index (χ4v) is 3.32. The molecule has 0 spiro atoms. The predicted molar refractivity (Wildman–Crippen MR) is 91.8 cm³/mol. The minimum absolute atomic E-state index is 0. The topological polar surface area (TPSA) is 21.3 Å². The molecule has 1 saturated heterocycles. The monoisotopic (exact) mass is 359 g/mol. The van der Waals surface area contributed by atoms with Crippen LogP contribution in [0.2, 0.25) is 0 Å². The third-order valence-corrected chi connectivity index (χ3v) is 4.55. The fourth-order valence-electron chi connectivity index (χ4n) is 3.32. The smallest absolute Gasteiger partial charge is 0.254 e. The van der Waals surface area contributed by atoms with Crippen LogP contribution in [-0.2, 0) is 17.8 Å². The van der Waals surface area contributed by atoms with E-state index in [1.54, 1.807) is 0 Å². The van der Waals surface area contributed by atoms with Crippen molar-refractivity contribution in [2.24, 2.45) is 0 Å².